The van der Waals surface area contributed by atoms with Crippen molar-refractivity contribution in [1.82, 2.24) is 5.32 Å². The van der Waals surface area contributed by atoms with E-state index in [-0.39, 0.29) is 5.57 Å². The number of barbiturate groups is 1. The Balaban J connectivity index is 2.06. The molecule has 0 aromatic heterocycles. The van der Waals surface area contributed by atoms with Gasteiger partial charge in [0.2, 0.25) is 0 Å². The minimum Gasteiger partial charge on any atom is -0.496 e. The molecule has 2 aromatic carbocycles. The maximum absolute atomic E-state index is 12.8. The largest absolute Gasteiger partial charge is 0.496 e. The molecule has 1 aliphatic rings. The van der Waals surface area contributed by atoms with Crippen molar-refractivity contribution in [3.63, 3.8) is 0 Å². The maximum Gasteiger partial charge on any atom is 0.335 e. The Kier molecular flexibility index (Phi) is 5.11. The molecule has 1 heterocycles. The van der Waals surface area contributed by atoms with Crippen LogP contribution in [0.15, 0.2) is 52.5 Å². The van der Waals surface area contributed by atoms with Crippen molar-refractivity contribution in [2.24, 2.45) is 0 Å². The lowest BCUT2D eigenvalue weighted by Crippen LogP contribution is -2.54. The van der Waals surface area contributed by atoms with Crippen molar-refractivity contribution in [3.05, 3.63) is 63.1 Å². The van der Waals surface area contributed by atoms with E-state index in [1.54, 1.807) is 42.5 Å². The Labute approximate surface area is 162 Å². The van der Waals surface area contributed by atoms with Gasteiger partial charge < -0.3 is 4.74 Å². The number of ether oxygens (including phenoxy) is 1. The molecule has 4 amide bonds. The maximum atomic E-state index is 12.8. The Hall–Kier alpha value is -2.64. The number of nitrogens with zero attached hydrogens (tertiary/aromatic N) is 1. The average Bonchev–Trinajstić information content (AvgIpc) is 2.60. The number of carbonyl (C=O) groups excluding carboxylic acids is 3. The molecule has 1 aliphatic heterocycles. The van der Waals surface area contributed by atoms with E-state index in [4.69, 9.17) is 16.3 Å². The van der Waals surface area contributed by atoms with Crippen LogP contribution < -0.4 is 15.0 Å². The lowest BCUT2D eigenvalue weighted by Gasteiger charge is -2.26. The zero-order valence-electron chi connectivity index (χ0n) is 13.5. The number of benzene rings is 2. The van der Waals surface area contributed by atoms with E-state index >= 15 is 0 Å². The lowest BCUT2D eigenvalue weighted by atomic mass is 10.1. The molecule has 26 heavy (non-hydrogen) atoms. The van der Waals surface area contributed by atoms with Gasteiger partial charge in [0.1, 0.15) is 11.3 Å². The van der Waals surface area contributed by atoms with E-state index in [2.05, 4.69) is 21.2 Å². The zero-order valence-corrected chi connectivity index (χ0v) is 15.8. The van der Waals surface area contributed by atoms with Crippen LogP contribution in [0.25, 0.3) is 6.08 Å². The third-order valence-electron chi connectivity index (χ3n) is 3.68. The molecule has 1 saturated heterocycles. The first-order valence-electron chi connectivity index (χ1n) is 7.41. The number of rotatable bonds is 3. The van der Waals surface area contributed by atoms with Gasteiger partial charge in [-0.2, -0.15) is 0 Å². The monoisotopic (exact) mass is 434 g/mol. The number of carbonyl (C=O) groups is 3. The fourth-order valence-corrected chi connectivity index (χ4v) is 2.90. The number of hydrogen-bond donors (Lipinski definition) is 1. The molecule has 0 radical (unpaired) electrons. The summed E-state index contributed by atoms with van der Waals surface area (Å²) in [7, 11) is 1.46. The minimum atomic E-state index is -0.808. The van der Waals surface area contributed by atoms with Crippen LogP contribution in [-0.4, -0.2) is 25.0 Å². The highest BCUT2D eigenvalue weighted by Crippen LogP contribution is 2.28. The molecule has 0 atom stereocenters. The number of imide groups is 2. The van der Waals surface area contributed by atoms with Crippen molar-refractivity contribution < 1.29 is 19.1 Å². The molecule has 1 N–H and O–H groups in total. The van der Waals surface area contributed by atoms with Crippen LogP contribution in [0.2, 0.25) is 5.02 Å². The van der Waals surface area contributed by atoms with Gasteiger partial charge >= 0.3 is 6.03 Å². The number of anilines is 1. The Morgan fingerprint density at radius 2 is 1.81 bits per heavy atom. The first kappa shape index (κ1) is 18.2. The molecule has 0 bridgehead atoms. The van der Waals surface area contributed by atoms with Crippen molar-refractivity contribution in [2.75, 3.05) is 12.0 Å². The van der Waals surface area contributed by atoms with Crippen molar-refractivity contribution in [3.8, 4) is 5.75 Å². The highest BCUT2D eigenvalue weighted by atomic mass is 79.9. The number of nitrogens with one attached hydrogen (secondary N) is 1. The average molecular weight is 436 g/mol. The van der Waals surface area contributed by atoms with E-state index < -0.39 is 17.8 Å². The molecule has 3 rings (SSSR count). The molecule has 0 spiro atoms. The van der Waals surface area contributed by atoms with E-state index in [1.807, 2.05) is 0 Å². The van der Waals surface area contributed by atoms with Crippen molar-refractivity contribution in [1.29, 1.82) is 0 Å². The van der Waals surface area contributed by atoms with Gasteiger partial charge in [-0.1, -0.05) is 27.5 Å². The van der Waals surface area contributed by atoms with E-state index in [0.717, 1.165) is 9.37 Å². The number of methoxy groups -OCH3 is 1. The summed E-state index contributed by atoms with van der Waals surface area (Å²) in [6, 6.07) is 10.6. The normalized spacial score (nSPS) is 16.0. The summed E-state index contributed by atoms with van der Waals surface area (Å²) in [5.74, 6) is -1.08. The summed E-state index contributed by atoms with van der Waals surface area (Å²) >= 11 is 9.28. The second kappa shape index (κ2) is 7.31. The van der Waals surface area contributed by atoms with E-state index in [0.29, 0.717) is 22.0 Å². The van der Waals surface area contributed by atoms with E-state index in [9.17, 15) is 14.4 Å². The molecule has 6 nitrogen and oxygen atoms in total. The smallest absolute Gasteiger partial charge is 0.335 e. The minimum absolute atomic E-state index is 0.201. The number of hydrogen-bond acceptors (Lipinski definition) is 4. The predicted octanol–water partition coefficient (Wildman–Crippen LogP) is 3.78. The molecule has 8 heteroatoms. The van der Waals surface area contributed by atoms with Gasteiger partial charge in [0, 0.05) is 15.1 Å². The van der Waals surface area contributed by atoms with Crippen molar-refractivity contribution >= 4 is 57.1 Å². The first-order chi connectivity index (χ1) is 12.4. The Bertz CT molecular complexity index is 941. The van der Waals surface area contributed by atoms with Crippen LogP contribution in [0.1, 0.15) is 5.56 Å². The molecule has 2 aromatic rings. The summed E-state index contributed by atoms with van der Waals surface area (Å²) < 4.78 is 6.02. The Morgan fingerprint density at radius 1 is 1.12 bits per heavy atom. The number of amides is 4. The van der Waals surface area contributed by atoms with Crippen LogP contribution >= 0.6 is 27.5 Å². The van der Waals surface area contributed by atoms with Gasteiger partial charge in [-0.3, -0.25) is 14.9 Å². The van der Waals surface area contributed by atoms with Crippen LogP contribution in [0, 0.1) is 0 Å². The first-order valence-corrected chi connectivity index (χ1v) is 8.58. The molecule has 1 fully saturated rings. The predicted molar refractivity (Wildman–Crippen MR) is 101 cm³/mol. The second-order valence-electron chi connectivity index (χ2n) is 5.32. The van der Waals surface area contributed by atoms with Gasteiger partial charge in [0.15, 0.2) is 0 Å². The molecule has 0 aliphatic carbocycles. The fraction of sp³-hybridized carbons (Fsp3) is 0.0556. The molecular formula is C18H12BrClN2O4. The molecular weight excluding hydrogens is 424 g/mol. The zero-order chi connectivity index (χ0) is 18.8. The highest BCUT2D eigenvalue weighted by Gasteiger charge is 2.36. The van der Waals surface area contributed by atoms with Crippen LogP contribution in [-0.2, 0) is 9.59 Å². The van der Waals surface area contributed by atoms with Gasteiger partial charge in [-0.05, 0) is 48.5 Å². The summed E-state index contributed by atoms with van der Waals surface area (Å²) in [4.78, 5) is 38.1. The number of urea groups is 1. The quantitative estimate of drug-likeness (QED) is 0.588. The standard InChI is InChI=1S/C18H12BrClN2O4/c1-26-15-7-4-12(20)8-10(15)9-14-16(23)21-18(25)22(17(14)24)13-5-2-11(19)3-6-13/h2-9H,1H3,(H,21,23,25)/b14-9+. The third kappa shape index (κ3) is 3.49. The summed E-state index contributed by atoms with van der Waals surface area (Å²) in [6.45, 7) is 0. The van der Waals surface area contributed by atoms with Gasteiger partial charge in [-0.15, -0.1) is 0 Å². The van der Waals surface area contributed by atoms with Gasteiger partial charge in [0.05, 0.1) is 12.8 Å². The van der Waals surface area contributed by atoms with Gasteiger partial charge in [-0.25, -0.2) is 9.69 Å². The van der Waals surface area contributed by atoms with Crippen LogP contribution in [0.3, 0.4) is 0 Å². The molecule has 0 saturated carbocycles. The molecule has 0 unspecified atom stereocenters. The molecule has 132 valence electrons. The summed E-state index contributed by atoms with van der Waals surface area (Å²) in [6.07, 6.45) is 1.35. The highest BCUT2D eigenvalue weighted by molar-refractivity contribution is 9.10. The van der Waals surface area contributed by atoms with Gasteiger partial charge in [0.25, 0.3) is 11.8 Å². The third-order valence-corrected chi connectivity index (χ3v) is 4.44. The SMILES string of the molecule is COc1ccc(Cl)cc1/C=C1\C(=O)NC(=O)N(c2ccc(Br)cc2)C1=O. The van der Waals surface area contributed by atoms with E-state index in [1.165, 1.54) is 13.2 Å². The Morgan fingerprint density at radius 3 is 2.46 bits per heavy atom. The lowest BCUT2D eigenvalue weighted by molar-refractivity contribution is -0.122. The fourth-order valence-electron chi connectivity index (χ4n) is 2.46. The second-order valence-corrected chi connectivity index (χ2v) is 6.67. The summed E-state index contributed by atoms with van der Waals surface area (Å²) in [5, 5.41) is 2.59. The van der Waals surface area contributed by atoms with Crippen LogP contribution in [0.4, 0.5) is 10.5 Å². The topological polar surface area (TPSA) is 75.7 Å². The number of halogens is 2. The van der Waals surface area contributed by atoms with Crippen molar-refractivity contribution in [2.45, 2.75) is 0 Å². The summed E-state index contributed by atoms with van der Waals surface area (Å²) in [5.41, 5.74) is 0.587. The van der Waals surface area contributed by atoms with Crippen LogP contribution in [0.5, 0.6) is 5.75 Å².